The third kappa shape index (κ3) is 2.16. The van der Waals surface area contributed by atoms with Gasteiger partial charge in [0.2, 0.25) is 0 Å². The average Bonchev–Trinajstić information content (AvgIpc) is 2.59. The second-order valence-corrected chi connectivity index (χ2v) is 7.07. The van der Waals surface area contributed by atoms with Gasteiger partial charge in [-0.15, -0.1) is 0 Å². The SMILES string of the molecule is Cc1ccc2cc3c(O)c4cc5ccc(C)cc5cc4cc3cc2c1. The van der Waals surface area contributed by atoms with E-state index in [1.165, 1.54) is 21.9 Å². The van der Waals surface area contributed by atoms with Gasteiger partial charge in [-0.2, -0.15) is 0 Å². The standard InChI is InChI=1S/C24H18O/c1-14-3-5-16-12-22-20(9-18(16)7-14)11-21-10-19-8-15(2)4-6-17(19)13-23(21)24(22)25/h3-13,25H,1-2H3. The molecule has 120 valence electrons. The number of hydrogen-bond donors (Lipinski definition) is 1. The van der Waals surface area contributed by atoms with Crippen LogP contribution in [0.5, 0.6) is 5.75 Å². The van der Waals surface area contributed by atoms with E-state index in [2.05, 4.69) is 80.6 Å². The Hall–Kier alpha value is -3.06. The van der Waals surface area contributed by atoms with Crippen molar-refractivity contribution in [2.24, 2.45) is 0 Å². The first-order valence-corrected chi connectivity index (χ1v) is 8.59. The fourth-order valence-electron chi connectivity index (χ4n) is 3.83. The molecule has 1 nitrogen and oxygen atoms in total. The largest absolute Gasteiger partial charge is 0.507 e. The van der Waals surface area contributed by atoms with Crippen LogP contribution in [-0.2, 0) is 0 Å². The molecule has 0 aromatic heterocycles. The summed E-state index contributed by atoms with van der Waals surface area (Å²) in [5.74, 6) is 0.373. The number of hydrogen-bond acceptors (Lipinski definition) is 1. The van der Waals surface area contributed by atoms with Gasteiger partial charge in [-0.1, -0.05) is 47.5 Å². The van der Waals surface area contributed by atoms with Crippen LogP contribution in [0.2, 0.25) is 0 Å². The minimum absolute atomic E-state index is 0.373. The molecule has 0 aliphatic rings. The molecule has 0 unspecified atom stereocenters. The van der Waals surface area contributed by atoms with Crippen molar-refractivity contribution in [1.29, 1.82) is 0 Å². The molecule has 0 saturated carbocycles. The van der Waals surface area contributed by atoms with Gasteiger partial charge in [-0.3, -0.25) is 0 Å². The van der Waals surface area contributed by atoms with Crippen molar-refractivity contribution in [3.8, 4) is 5.75 Å². The fraction of sp³-hybridized carbons (Fsp3) is 0.0833. The Morgan fingerprint density at radius 2 is 0.920 bits per heavy atom. The Morgan fingerprint density at radius 3 is 1.40 bits per heavy atom. The van der Waals surface area contributed by atoms with E-state index in [4.69, 9.17) is 0 Å². The van der Waals surface area contributed by atoms with Gasteiger partial charge in [0.05, 0.1) is 0 Å². The first-order chi connectivity index (χ1) is 12.1. The van der Waals surface area contributed by atoms with Gasteiger partial charge in [0.15, 0.2) is 0 Å². The summed E-state index contributed by atoms with van der Waals surface area (Å²) in [4.78, 5) is 0. The molecule has 0 radical (unpaired) electrons. The Morgan fingerprint density at radius 1 is 0.480 bits per heavy atom. The smallest absolute Gasteiger partial charge is 0.131 e. The molecular formula is C24H18O. The molecule has 0 spiro atoms. The molecule has 0 atom stereocenters. The zero-order valence-electron chi connectivity index (χ0n) is 14.3. The predicted molar refractivity (Wildman–Crippen MR) is 108 cm³/mol. The number of phenols is 1. The van der Waals surface area contributed by atoms with Gasteiger partial charge in [0.1, 0.15) is 5.75 Å². The topological polar surface area (TPSA) is 20.2 Å². The molecule has 5 rings (SSSR count). The molecule has 0 aliphatic carbocycles. The number of rotatable bonds is 0. The molecule has 0 aliphatic heterocycles. The predicted octanol–water partition coefficient (Wildman–Crippen LogP) is 6.62. The van der Waals surface area contributed by atoms with E-state index in [1.807, 2.05) is 0 Å². The van der Waals surface area contributed by atoms with E-state index in [9.17, 15) is 5.11 Å². The lowest BCUT2D eigenvalue weighted by Gasteiger charge is -2.10. The van der Waals surface area contributed by atoms with Crippen molar-refractivity contribution in [3.63, 3.8) is 0 Å². The van der Waals surface area contributed by atoms with Crippen LogP contribution in [0.1, 0.15) is 11.1 Å². The normalized spacial score (nSPS) is 11.8. The van der Waals surface area contributed by atoms with Crippen LogP contribution in [0.15, 0.2) is 66.7 Å². The monoisotopic (exact) mass is 322 g/mol. The second kappa shape index (κ2) is 4.97. The van der Waals surface area contributed by atoms with Crippen LogP contribution >= 0.6 is 0 Å². The molecule has 1 heteroatoms. The minimum atomic E-state index is 0.373. The number of fused-ring (bicyclic) bond motifs is 4. The highest BCUT2D eigenvalue weighted by molar-refractivity contribution is 6.12. The molecule has 0 fully saturated rings. The zero-order chi connectivity index (χ0) is 17.1. The molecule has 5 aromatic carbocycles. The molecule has 5 aromatic rings. The van der Waals surface area contributed by atoms with E-state index >= 15 is 0 Å². The maximum absolute atomic E-state index is 10.9. The lowest BCUT2D eigenvalue weighted by molar-refractivity contribution is 0.488. The van der Waals surface area contributed by atoms with Crippen molar-refractivity contribution in [2.45, 2.75) is 13.8 Å². The highest BCUT2D eigenvalue weighted by Crippen LogP contribution is 2.38. The van der Waals surface area contributed by atoms with Crippen LogP contribution in [0, 0.1) is 13.8 Å². The first kappa shape index (κ1) is 14.3. The maximum Gasteiger partial charge on any atom is 0.131 e. The van der Waals surface area contributed by atoms with E-state index in [0.717, 1.165) is 32.3 Å². The highest BCUT2D eigenvalue weighted by Gasteiger charge is 2.09. The Balaban J connectivity index is 1.94. The van der Waals surface area contributed by atoms with Crippen LogP contribution in [-0.4, -0.2) is 5.11 Å². The zero-order valence-corrected chi connectivity index (χ0v) is 14.3. The van der Waals surface area contributed by atoms with E-state index in [0.29, 0.717) is 5.75 Å². The van der Waals surface area contributed by atoms with Crippen molar-refractivity contribution >= 4 is 43.1 Å². The summed E-state index contributed by atoms with van der Waals surface area (Å²) in [6.07, 6.45) is 0. The van der Waals surface area contributed by atoms with Crippen molar-refractivity contribution in [3.05, 3.63) is 77.9 Å². The van der Waals surface area contributed by atoms with Crippen molar-refractivity contribution < 1.29 is 5.11 Å². The number of phenolic OH excluding ortho intramolecular Hbond substituents is 1. The van der Waals surface area contributed by atoms with Gasteiger partial charge in [0.25, 0.3) is 0 Å². The summed E-state index contributed by atoms with van der Waals surface area (Å²) in [5, 5.41) is 19.7. The Bertz CT molecular complexity index is 1210. The van der Waals surface area contributed by atoms with Gasteiger partial charge < -0.3 is 5.11 Å². The Kier molecular flexibility index (Phi) is 2.84. The number of benzene rings is 5. The molecule has 25 heavy (non-hydrogen) atoms. The summed E-state index contributed by atoms with van der Waals surface area (Å²) in [5.41, 5.74) is 2.50. The Labute approximate surface area is 146 Å². The lowest BCUT2D eigenvalue weighted by Crippen LogP contribution is -1.83. The molecule has 0 bridgehead atoms. The molecule has 0 saturated heterocycles. The van der Waals surface area contributed by atoms with E-state index in [1.54, 1.807) is 0 Å². The van der Waals surface area contributed by atoms with Gasteiger partial charge in [0, 0.05) is 10.8 Å². The van der Waals surface area contributed by atoms with Crippen LogP contribution < -0.4 is 0 Å². The third-order valence-electron chi connectivity index (χ3n) is 5.15. The van der Waals surface area contributed by atoms with Crippen molar-refractivity contribution in [2.75, 3.05) is 0 Å². The van der Waals surface area contributed by atoms with Gasteiger partial charge in [-0.05, 0) is 76.5 Å². The summed E-state index contributed by atoms with van der Waals surface area (Å²) < 4.78 is 0. The summed E-state index contributed by atoms with van der Waals surface area (Å²) in [7, 11) is 0. The lowest BCUT2D eigenvalue weighted by atomic mass is 9.95. The third-order valence-corrected chi connectivity index (χ3v) is 5.15. The maximum atomic E-state index is 10.9. The average molecular weight is 322 g/mol. The van der Waals surface area contributed by atoms with Gasteiger partial charge >= 0.3 is 0 Å². The molecule has 0 amide bonds. The quantitative estimate of drug-likeness (QED) is 0.318. The van der Waals surface area contributed by atoms with Crippen LogP contribution in [0.25, 0.3) is 43.1 Å². The molecule has 0 heterocycles. The highest BCUT2D eigenvalue weighted by atomic mass is 16.3. The number of aryl methyl sites for hydroxylation is 2. The van der Waals surface area contributed by atoms with Crippen LogP contribution in [0.3, 0.4) is 0 Å². The van der Waals surface area contributed by atoms with Crippen LogP contribution in [0.4, 0.5) is 0 Å². The van der Waals surface area contributed by atoms with Gasteiger partial charge in [-0.25, -0.2) is 0 Å². The van der Waals surface area contributed by atoms with E-state index < -0.39 is 0 Å². The summed E-state index contributed by atoms with van der Waals surface area (Å²) >= 11 is 0. The molecular weight excluding hydrogens is 304 g/mol. The second-order valence-electron chi connectivity index (χ2n) is 7.07. The first-order valence-electron chi connectivity index (χ1n) is 8.59. The minimum Gasteiger partial charge on any atom is -0.507 e. The summed E-state index contributed by atoms with van der Waals surface area (Å²) in [6.45, 7) is 4.21. The number of aromatic hydroxyl groups is 1. The fourth-order valence-corrected chi connectivity index (χ4v) is 3.83. The molecule has 1 N–H and O–H groups in total. The summed E-state index contributed by atoms with van der Waals surface area (Å²) in [6, 6.07) is 23.6. The van der Waals surface area contributed by atoms with Crippen molar-refractivity contribution in [1.82, 2.24) is 0 Å². The van der Waals surface area contributed by atoms with E-state index in [-0.39, 0.29) is 0 Å².